The molecule has 1 aromatic carbocycles. The maximum atomic E-state index is 13.0. The Morgan fingerprint density at radius 2 is 2.11 bits per heavy atom. The molecule has 0 aliphatic carbocycles. The quantitative estimate of drug-likeness (QED) is 0.716. The number of nitrogens with zero attached hydrogens (tertiary/aromatic N) is 1. The van der Waals surface area contributed by atoms with Crippen LogP contribution in [0.4, 0.5) is 4.39 Å². The largest absolute Gasteiger partial charge is 0.468 e. The molecule has 6 nitrogen and oxygen atoms in total. The van der Waals surface area contributed by atoms with Crippen molar-refractivity contribution < 1.29 is 27.1 Å². The molecule has 96 valence electrons. The first-order chi connectivity index (χ1) is 8.37. The number of benzene rings is 1. The van der Waals surface area contributed by atoms with Crippen LogP contribution in [0, 0.1) is 5.82 Å². The lowest BCUT2D eigenvalue weighted by molar-refractivity contribution is -0.140. The summed E-state index contributed by atoms with van der Waals surface area (Å²) < 4.78 is 41.5. The summed E-state index contributed by atoms with van der Waals surface area (Å²) in [5.41, 5.74) is -0.279. The van der Waals surface area contributed by atoms with Gasteiger partial charge in [-0.25, -0.2) is 17.1 Å². The third-order valence-electron chi connectivity index (χ3n) is 2.47. The Hall–Kier alpha value is -1.96. The number of carbonyl (C=O) groups excluding carboxylic acids is 2. The molecule has 1 heterocycles. The normalized spacial score (nSPS) is 16.6. The molecule has 0 atom stereocenters. The first kappa shape index (κ1) is 12.5. The Morgan fingerprint density at radius 3 is 2.72 bits per heavy atom. The third kappa shape index (κ3) is 1.74. The average molecular weight is 273 g/mol. The first-order valence-corrected chi connectivity index (χ1v) is 6.25. The molecule has 0 fully saturated rings. The van der Waals surface area contributed by atoms with E-state index in [4.69, 9.17) is 0 Å². The van der Waals surface area contributed by atoms with E-state index < -0.39 is 34.3 Å². The van der Waals surface area contributed by atoms with Crippen molar-refractivity contribution >= 4 is 21.9 Å². The van der Waals surface area contributed by atoms with Crippen LogP contribution < -0.4 is 0 Å². The number of ether oxygens (including phenoxy) is 1. The van der Waals surface area contributed by atoms with Gasteiger partial charge in [-0.1, -0.05) is 0 Å². The van der Waals surface area contributed by atoms with Crippen molar-refractivity contribution in [2.45, 2.75) is 4.90 Å². The average Bonchev–Trinajstić information content (AvgIpc) is 2.50. The van der Waals surface area contributed by atoms with Gasteiger partial charge in [-0.05, 0) is 18.2 Å². The van der Waals surface area contributed by atoms with Crippen LogP contribution in [0.3, 0.4) is 0 Å². The van der Waals surface area contributed by atoms with Gasteiger partial charge < -0.3 is 4.74 Å². The number of sulfonamides is 1. The van der Waals surface area contributed by atoms with E-state index in [0.717, 1.165) is 25.3 Å². The minimum atomic E-state index is -4.10. The monoisotopic (exact) mass is 273 g/mol. The summed E-state index contributed by atoms with van der Waals surface area (Å²) in [7, 11) is -3.03. The molecule has 18 heavy (non-hydrogen) atoms. The number of methoxy groups -OCH3 is 1. The number of hydrogen-bond acceptors (Lipinski definition) is 5. The smallest absolute Gasteiger partial charge is 0.326 e. The number of amides is 1. The van der Waals surface area contributed by atoms with E-state index in [9.17, 15) is 22.4 Å². The van der Waals surface area contributed by atoms with Gasteiger partial charge in [0.2, 0.25) is 0 Å². The molecule has 0 saturated carbocycles. The number of rotatable bonds is 2. The van der Waals surface area contributed by atoms with Gasteiger partial charge in [0.1, 0.15) is 17.3 Å². The SMILES string of the molecule is COC(=O)CN1C(=O)c2cc(F)ccc2S1(=O)=O. The highest BCUT2D eigenvalue weighted by Crippen LogP contribution is 2.30. The van der Waals surface area contributed by atoms with E-state index in [0.29, 0.717) is 4.31 Å². The first-order valence-electron chi connectivity index (χ1n) is 4.81. The maximum Gasteiger partial charge on any atom is 0.326 e. The van der Waals surface area contributed by atoms with E-state index >= 15 is 0 Å². The van der Waals surface area contributed by atoms with Crippen LogP contribution in [0.25, 0.3) is 0 Å². The Labute approximate surface area is 102 Å². The fourth-order valence-electron chi connectivity index (χ4n) is 1.60. The van der Waals surface area contributed by atoms with E-state index in [1.807, 2.05) is 0 Å². The lowest BCUT2D eigenvalue weighted by atomic mass is 10.2. The molecule has 1 aliphatic heterocycles. The van der Waals surface area contributed by atoms with Gasteiger partial charge in [0.05, 0.1) is 12.7 Å². The summed E-state index contributed by atoms with van der Waals surface area (Å²) in [6.07, 6.45) is 0. The molecular weight excluding hydrogens is 265 g/mol. The zero-order valence-electron chi connectivity index (χ0n) is 9.21. The van der Waals surface area contributed by atoms with Crippen molar-refractivity contribution in [3.8, 4) is 0 Å². The highest BCUT2D eigenvalue weighted by Gasteiger charge is 2.42. The molecule has 1 amide bonds. The van der Waals surface area contributed by atoms with Crippen LogP contribution in [0.5, 0.6) is 0 Å². The van der Waals surface area contributed by atoms with Crippen LogP contribution in [-0.2, 0) is 19.6 Å². The molecule has 1 aromatic rings. The second-order valence-corrected chi connectivity index (χ2v) is 5.36. The minimum Gasteiger partial charge on any atom is -0.468 e. The molecule has 2 rings (SSSR count). The van der Waals surface area contributed by atoms with Gasteiger partial charge in [0.25, 0.3) is 15.9 Å². The molecule has 0 saturated heterocycles. The van der Waals surface area contributed by atoms with E-state index in [1.165, 1.54) is 0 Å². The molecule has 0 unspecified atom stereocenters. The zero-order chi connectivity index (χ0) is 13.5. The second-order valence-electron chi connectivity index (χ2n) is 3.53. The Balaban J connectivity index is 2.51. The summed E-state index contributed by atoms with van der Waals surface area (Å²) in [5, 5.41) is 0. The molecule has 0 bridgehead atoms. The second kappa shape index (κ2) is 4.05. The minimum absolute atomic E-state index is 0.279. The molecule has 1 aliphatic rings. The van der Waals surface area contributed by atoms with Crippen LogP contribution in [-0.4, -0.2) is 38.3 Å². The Bertz CT molecular complexity index is 640. The van der Waals surface area contributed by atoms with Crippen LogP contribution in [0.15, 0.2) is 23.1 Å². The maximum absolute atomic E-state index is 13.0. The van der Waals surface area contributed by atoms with Gasteiger partial charge in [-0.3, -0.25) is 9.59 Å². The topological polar surface area (TPSA) is 80.8 Å². The summed E-state index contributed by atoms with van der Waals surface area (Å²) in [5.74, 6) is -2.53. The highest BCUT2D eigenvalue weighted by molar-refractivity contribution is 7.90. The van der Waals surface area contributed by atoms with Crippen molar-refractivity contribution in [1.82, 2.24) is 4.31 Å². The summed E-state index contributed by atoms with van der Waals surface area (Å²) in [4.78, 5) is 22.5. The predicted octanol–water partition coefficient (Wildman–Crippen LogP) is 0.143. The van der Waals surface area contributed by atoms with E-state index in [2.05, 4.69) is 4.74 Å². The lowest BCUT2D eigenvalue weighted by Gasteiger charge is -2.12. The van der Waals surface area contributed by atoms with Gasteiger partial charge in [-0.15, -0.1) is 0 Å². The predicted molar refractivity (Wildman–Crippen MR) is 56.6 cm³/mol. The number of halogens is 1. The number of fused-ring (bicyclic) bond motifs is 1. The molecule has 0 spiro atoms. The molecular formula is C10H8FNO5S. The van der Waals surface area contributed by atoms with Crippen LogP contribution in [0.1, 0.15) is 10.4 Å². The van der Waals surface area contributed by atoms with Crippen LogP contribution >= 0.6 is 0 Å². The van der Waals surface area contributed by atoms with E-state index in [1.54, 1.807) is 0 Å². The van der Waals surface area contributed by atoms with Gasteiger partial charge in [-0.2, -0.15) is 0 Å². The summed E-state index contributed by atoms with van der Waals surface area (Å²) in [6, 6.07) is 2.76. The fourth-order valence-corrected chi connectivity index (χ4v) is 3.09. The third-order valence-corrected chi connectivity index (χ3v) is 4.25. The number of hydrogen-bond donors (Lipinski definition) is 0. The van der Waals surface area contributed by atoms with Gasteiger partial charge in [0.15, 0.2) is 0 Å². The van der Waals surface area contributed by atoms with Crippen molar-refractivity contribution in [2.24, 2.45) is 0 Å². The van der Waals surface area contributed by atoms with Crippen molar-refractivity contribution in [2.75, 3.05) is 13.7 Å². The molecule has 0 radical (unpaired) electrons. The fraction of sp³-hybridized carbons (Fsp3) is 0.200. The lowest BCUT2D eigenvalue weighted by Crippen LogP contribution is -2.35. The molecule has 0 aromatic heterocycles. The summed E-state index contributed by atoms with van der Waals surface area (Å²) in [6.45, 7) is -0.728. The Morgan fingerprint density at radius 1 is 1.44 bits per heavy atom. The van der Waals surface area contributed by atoms with Crippen LogP contribution in [0.2, 0.25) is 0 Å². The summed E-state index contributed by atoms with van der Waals surface area (Å²) >= 11 is 0. The van der Waals surface area contributed by atoms with Crippen molar-refractivity contribution in [3.05, 3.63) is 29.6 Å². The molecule has 8 heteroatoms. The van der Waals surface area contributed by atoms with Crippen molar-refractivity contribution in [1.29, 1.82) is 0 Å². The standard InChI is InChI=1S/C10H8FNO5S/c1-17-9(13)5-12-10(14)7-4-6(11)2-3-8(7)18(12,15)16/h2-4H,5H2,1H3. The van der Waals surface area contributed by atoms with Gasteiger partial charge in [0, 0.05) is 0 Å². The highest BCUT2D eigenvalue weighted by atomic mass is 32.2. The molecule has 0 N–H and O–H groups in total. The number of esters is 1. The Kier molecular flexibility index (Phi) is 2.81. The van der Waals surface area contributed by atoms with E-state index in [-0.39, 0.29) is 10.5 Å². The zero-order valence-corrected chi connectivity index (χ0v) is 10.0. The number of carbonyl (C=O) groups is 2. The van der Waals surface area contributed by atoms with Crippen molar-refractivity contribution in [3.63, 3.8) is 0 Å². The van der Waals surface area contributed by atoms with Gasteiger partial charge >= 0.3 is 5.97 Å².